The Morgan fingerprint density at radius 2 is 1.50 bits per heavy atom. The van der Waals surface area contributed by atoms with Crippen LogP contribution in [0.25, 0.3) is 0 Å². The fraction of sp³-hybridized carbons (Fsp3) is 0.647. The summed E-state index contributed by atoms with van der Waals surface area (Å²) < 4.78 is 12.4. The molecule has 3 heteroatoms. The molecular weight excluding hydrogens is 247 g/mol. The van der Waals surface area contributed by atoms with Gasteiger partial charge < -0.3 is 9.31 Å². The Balaban J connectivity index is 2.08. The smallest absolute Gasteiger partial charge is 0.403 e. The zero-order valence-electron chi connectivity index (χ0n) is 13.7. The Bertz CT molecular complexity index is 435. The van der Waals surface area contributed by atoms with Gasteiger partial charge in [-0.15, -0.1) is 0 Å². The van der Waals surface area contributed by atoms with Gasteiger partial charge in [0.15, 0.2) is 0 Å². The van der Waals surface area contributed by atoms with E-state index in [4.69, 9.17) is 9.31 Å². The van der Waals surface area contributed by atoms with Crippen molar-refractivity contribution in [3.8, 4) is 0 Å². The van der Waals surface area contributed by atoms with Gasteiger partial charge in [-0.3, -0.25) is 0 Å². The van der Waals surface area contributed by atoms with Crippen LogP contribution in [-0.4, -0.2) is 18.3 Å². The average molecular weight is 274 g/mol. The van der Waals surface area contributed by atoms with Crippen LogP contribution >= 0.6 is 0 Å². The summed E-state index contributed by atoms with van der Waals surface area (Å²) in [5.74, 6) is 0.402. The van der Waals surface area contributed by atoms with Crippen molar-refractivity contribution in [2.24, 2.45) is 0 Å². The lowest BCUT2D eigenvalue weighted by Gasteiger charge is -2.32. The van der Waals surface area contributed by atoms with Crippen LogP contribution in [0.4, 0.5) is 0 Å². The normalized spacial score (nSPS) is 22.0. The van der Waals surface area contributed by atoms with E-state index >= 15 is 0 Å². The maximum Gasteiger partial charge on any atom is 0.461 e. The predicted molar refractivity (Wildman–Crippen MR) is 85.0 cm³/mol. The van der Waals surface area contributed by atoms with E-state index in [1.54, 1.807) is 0 Å². The van der Waals surface area contributed by atoms with Crippen LogP contribution in [-0.2, 0) is 15.7 Å². The zero-order chi connectivity index (χ0) is 15.0. The Hall–Kier alpha value is -0.795. The molecule has 1 aromatic rings. The molecule has 20 heavy (non-hydrogen) atoms. The Labute approximate surface area is 124 Å². The summed E-state index contributed by atoms with van der Waals surface area (Å²) in [7, 11) is -0.105. The van der Waals surface area contributed by atoms with E-state index in [9.17, 15) is 0 Å². The van der Waals surface area contributed by atoms with E-state index in [0.717, 1.165) is 12.8 Å². The molecule has 0 saturated carbocycles. The number of hydrogen-bond donors (Lipinski definition) is 0. The second-order valence-corrected chi connectivity index (χ2v) is 6.98. The molecule has 1 aromatic carbocycles. The number of aryl methyl sites for hydroxylation is 1. The molecule has 0 spiro atoms. The maximum atomic E-state index is 6.19. The highest BCUT2D eigenvalue weighted by Crippen LogP contribution is 2.41. The van der Waals surface area contributed by atoms with Crippen molar-refractivity contribution in [3.63, 3.8) is 0 Å². The van der Waals surface area contributed by atoms with E-state index in [1.807, 2.05) is 0 Å². The van der Waals surface area contributed by atoms with Crippen LogP contribution < -0.4 is 0 Å². The molecule has 1 fully saturated rings. The van der Waals surface area contributed by atoms with Crippen LogP contribution in [0.15, 0.2) is 24.3 Å². The van der Waals surface area contributed by atoms with E-state index < -0.39 is 0 Å². The zero-order valence-corrected chi connectivity index (χ0v) is 13.7. The minimum absolute atomic E-state index is 0.105. The largest absolute Gasteiger partial charge is 0.461 e. The van der Waals surface area contributed by atoms with Gasteiger partial charge in [0.2, 0.25) is 0 Å². The van der Waals surface area contributed by atoms with Gasteiger partial charge in [0.25, 0.3) is 0 Å². The summed E-state index contributed by atoms with van der Waals surface area (Å²) in [6.07, 6.45) is 2.07. The van der Waals surface area contributed by atoms with Gasteiger partial charge >= 0.3 is 7.12 Å². The standard InChI is InChI=1S/C17H27BO2/c1-7-15(12-14-10-8-13(2)9-11-14)18-19-16(3,4)17(5,6)20-18/h8-11,15H,7,12H2,1-6H3. The highest BCUT2D eigenvalue weighted by atomic mass is 16.7. The molecule has 0 bridgehead atoms. The van der Waals surface area contributed by atoms with Gasteiger partial charge in [0.05, 0.1) is 11.2 Å². The lowest BCUT2D eigenvalue weighted by molar-refractivity contribution is 0.00578. The third-order valence-corrected chi connectivity index (χ3v) is 4.80. The van der Waals surface area contributed by atoms with Crippen LogP contribution in [0.5, 0.6) is 0 Å². The van der Waals surface area contributed by atoms with Crippen molar-refractivity contribution >= 4 is 7.12 Å². The highest BCUT2D eigenvalue weighted by Gasteiger charge is 2.53. The topological polar surface area (TPSA) is 18.5 Å². The summed E-state index contributed by atoms with van der Waals surface area (Å²) in [5.41, 5.74) is 2.19. The van der Waals surface area contributed by atoms with Crippen molar-refractivity contribution < 1.29 is 9.31 Å². The summed E-state index contributed by atoms with van der Waals surface area (Å²) >= 11 is 0. The molecule has 0 amide bonds. The third-order valence-electron chi connectivity index (χ3n) is 4.80. The van der Waals surface area contributed by atoms with E-state index in [-0.39, 0.29) is 18.3 Å². The lowest BCUT2D eigenvalue weighted by atomic mass is 9.67. The third kappa shape index (κ3) is 3.10. The van der Waals surface area contributed by atoms with Crippen LogP contribution in [0, 0.1) is 6.92 Å². The fourth-order valence-corrected chi connectivity index (χ4v) is 2.54. The molecule has 1 aliphatic rings. The fourth-order valence-electron chi connectivity index (χ4n) is 2.54. The number of benzene rings is 1. The second-order valence-electron chi connectivity index (χ2n) is 6.98. The summed E-state index contributed by atoms with van der Waals surface area (Å²) in [5, 5.41) is 0. The molecular formula is C17H27BO2. The molecule has 0 aliphatic carbocycles. The molecule has 0 aromatic heterocycles. The Morgan fingerprint density at radius 1 is 1.00 bits per heavy atom. The van der Waals surface area contributed by atoms with Crippen molar-refractivity contribution in [3.05, 3.63) is 35.4 Å². The van der Waals surface area contributed by atoms with Crippen molar-refractivity contribution in [2.45, 2.75) is 71.4 Å². The van der Waals surface area contributed by atoms with E-state index in [0.29, 0.717) is 5.82 Å². The van der Waals surface area contributed by atoms with Gasteiger partial charge in [0.1, 0.15) is 0 Å². The average Bonchev–Trinajstić information content (AvgIpc) is 2.57. The maximum absolute atomic E-state index is 6.19. The van der Waals surface area contributed by atoms with Gasteiger partial charge in [-0.2, -0.15) is 0 Å². The van der Waals surface area contributed by atoms with Crippen molar-refractivity contribution in [1.82, 2.24) is 0 Å². The summed E-state index contributed by atoms with van der Waals surface area (Å²) in [6, 6.07) is 8.77. The SMILES string of the molecule is CCC(Cc1ccc(C)cc1)B1OC(C)(C)C(C)(C)O1. The Kier molecular flexibility index (Phi) is 4.31. The molecule has 2 rings (SSSR count). The minimum atomic E-state index is -0.238. The molecule has 0 N–H and O–H groups in total. The highest BCUT2D eigenvalue weighted by molar-refractivity contribution is 6.47. The van der Waals surface area contributed by atoms with Crippen molar-refractivity contribution in [2.75, 3.05) is 0 Å². The van der Waals surface area contributed by atoms with Gasteiger partial charge in [-0.25, -0.2) is 0 Å². The van der Waals surface area contributed by atoms with Crippen LogP contribution in [0.2, 0.25) is 5.82 Å². The van der Waals surface area contributed by atoms with E-state index in [1.165, 1.54) is 11.1 Å². The molecule has 1 heterocycles. The van der Waals surface area contributed by atoms with E-state index in [2.05, 4.69) is 65.8 Å². The van der Waals surface area contributed by atoms with Crippen molar-refractivity contribution in [1.29, 1.82) is 0 Å². The van der Waals surface area contributed by atoms with Gasteiger partial charge in [0, 0.05) is 0 Å². The molecule has 2 nitrogen and oxygen atoms in total. The first-order valence-electron chi connectivity index (χ1n) is 7.66. The molecule has 1 atom stereocenters. The molecule has 1 saturated heterocycles. The number of rotatable bonds is 4. The molecule has 1 aliphatic heterocycles. The summed E-state index contributed by atoms with van der Waals surface area (Å²) in [4.78, 5) is 0. The summed E-state index contributed by atoms with van der Waals surface area (Å²) in [6.45, 7) is 12.8. The second kappa shape index (κ2) is 5.53. The first kappa shape index (κ1) is 15.6. The quantitative estimate of drug-likeness (QED) is 0.757. The molecule has 1 unspecified atom stereocenters. The first-order valence-corrected chi connectivity index (χ1v) is 7.66. The van der Waals surface area contributed by atoms with Crippen LogP contribution in [0.1, 0.15) is 52.2 Å². The minimum Gasteiger partial charge on any atom is -0.403 e. The predicted octanol–water partition coefficient (Wildman–Crippen LogP) is 4.41. The van der Waals surface area contributed by atoms with Gasteiger partial charge in [-0.05, 0) is 52.4 Å². The molecule has 0 radical (unpaired) electrons. The number of hydrogen-bond acceptors (Lipinski definition) is 2. The lowest BCUT2D eigenvalue weighted by Crippen LogP contribution is -2.41. The van der Waals surface area contributed by atoms with Gasteiger partial charge in [-0.1, -0.05) is 43.2 Å². The first-order chi connectivity index (χ1) is 9.25. The molecule has 110 valence electrons. The Morgan fingerprint density at radius 3 is 1.95 bits per heavy atom. The van der Waals surface area contributed by atoms with Crippen LogP contribution in [0.3, 0.4) is 0 Å². The monoisotopic (exact) mass is 274 g/mol.